The fraction of sp³-hybridized carbons (Fsp3) is 0.682. The number of nitrogens with zero attached hydrogens (tertiary/aromatic N) is 2. The number of carbonyl (C=O) groups is 1. The molecule has 2 saturated heterocycles. The Kier molecular flexibility index (Phi) is 8.58. The Bertz CT molecular complexity index is 596. The summed E-state index contributed by atoms with van der Waals surface area (Å²) in [5.74, 6) is 0.973. The van der Waals surface area contributed by atoms with Gasteiger partial charge in [-0.15, -0.1) is 0 Å². The second kappa shape index (κ2) is 11.4. The zero-order chi connectivity index (χ0) is 19.6. The number of hydrogen-bond donors (Lipinski definition) is 1. The average molecular weight is 390 g/mol. The number of benzene rings is 1. The summed E-state index contributed by atoms with van der Waals surface area (Å²) in [4.78, 5) is 17.2. The molecular formula is C22H35N3O3. The Hall–Kier alpha value is -1.63. The Balaban J connectivity index is 1.41. The second-order valence-electron chi connectivity index (χ2n) is 7.79. The summed E-state index contributed by atoms with van der Waals surface area (Å²) in [7, 11) is 0. The van der Waals surface area contributed by atoms with Crippen molar-refractivity contribution >= 4 is 5.91 Å². The lowest BCUT2D eigenvalue weighted by molar-refractivity contribution is -0.126. The summed E-state index contributed by atoms with van der Waals surface area (Å²) in [6.45, 7) is 9.77. The van der Waals surface area contributed by atoms with E-state index in [0.717, 1.165) is 57.3 Å². The normalized spacial score (nSPS) is 20.3. The third-order valence-corrected chi connectivity index (χ3v) is 5.71. The molecule has 1 atom stereocenters. The van der Waals surface area contributed by atoms with Crippen LogP contribution in [0.5, 0.6) is 5.75 Å². The summed E-state index contributed by atoms with van der Waals surface area (Å²) < 4.78 is 11.3. The molecule has 0 aromatic heterocycles. The first-order chi connectivity index (χ1) is 13.7. The molecule has 0 radical (unpaired) electrons. The van der Waals surface area contributed by atoms with Gasteiger partial charge in [-0.2, -0.15) is 0 Å². The molecule has 0 saturated carbocycles. The van der Waals surface area contributed by atoms with Crippen LogP contribution in [-0.2, 0) is 16.1 Å². The van der Waals surface area contributed by atoms with Gasteiger partial charge in [-0.25, -0.2) is 0 Å². The second-order valence-corrected chi connectivity index (χ2v) is 7.79. The topological polar surface area (TPSA) is 54.0 Å². The first kappa shape index (κ1) is 21.1. The molecule has 0 spiro atoms. The summed E-state index contributed by atoms with van der Waals surface area (Å²) in [5, 5.41) is 3.09. The lowest BCUT2D eigenvalue weighted by Crippen LogP contribution is -2.45. The lowest BCUT2D eigenvalue weighted by Gasteiger charge is -2.26. The van der Waals surface area contributed by atoms with Gasteiger partial charge in [0.2, 0.25) is 5.91 Å². The van der Waals surface area contributed by atoms with Crippen molar-refractivity contribution in [3.8, 4) is 5.75 Å². The first-order valence-electron chi connectivity index (χ1n) is 10.8. The predicted octanol–water partition coefficient (Wildman–Crippen LogP) is 2.28. The minimum Gasteiger partial charge on any atom is -0.492 e. The highest BCUT2D eigenvalue weighted by Gasteiger charge is 2.21. The molecule has 1 aromatic carbocycles. The van der Waals surface area contributed by atoms with E-state index in [1.807, 2.05) is 31.2 Å². The van der Waals surface area contributed by atoms with Gasteiger partial charge in [0.1, 0.15) is 12.4 Å². The van der Waals surface area contributed by atoms with Crippen molar-refractivity contribution < 1.29 is 14.3 Å². The molecule has 6 heteroatoms. The van der Waals surface area contributed by atoms with Crippen LogP contribution in [0.3, 0.4) is 0 Å². The first-order valence-corrected chi connectivity index (χ1v) is 10.8. The van der Waals surface area contributed by atoms with E-state index in [4.69, 9.17) is 9.47 Å². The fourth-order valence-corrected chi connectivity index (χ4v) is 3.85. The number of ether oxygens (including phenoxy) is 2. The lowest BCUT2D eigenvalue weighted by atomic mass is 10.2. The van der Waals surface area contributed by atoms with Gasteiger partial charge in [0.25, 0.3) is 0 Å². The van der Waals surface area contributed by atoms with Gasteiger partial charge in [-0.1, -0.05) is 25.0 Å². The Morgan fingerprint density at radius 3 is 2.64 bits per heavy atom. The molecule has 0 bridgehead atoms. The molecule has 1 unspecified atom stereocenters. The molecule has 3 rings (SSSR count). The molecule has 6 nitrogen and oxygen atoms in total. The Morgan fingerprint density at radius 1 is 1.14 bits per heavy atom. The van der Waals surface area contributed by atoms with Crippen LogP contribution >= 0.6 is 0 Å². The van der Waals surface area contributed by atoms with Crippen LogP contribution in [0.25, 0.3) is 0 Å². The van der Waals surface area contributed by atoms with Crippen molar-refractivity contribution in [1.29, 1.82) is 0 Å². The van der Waals surface area contributed by atoms with Crippen molar-refractivity contribution in [3.05, 3.63) is 29.8 Å². The summed E-state index contributed by atoms with van der Waals surface area (Å²) in [5.41, 5.74) is 1.07. The highest BCUT2D eigenvalue weighted by molar-refractivity contribution is 5.81. The number of carbonyl (C=O) groups excluding carboxylic acids is 1. The molecule has 2 fully saturated rings. The van der Waals surface area contributed by atoms with Crippen LogP contribution in [0, 0.1) is 0 Å². The highest BCUT2D eigenvalue weighted by Crippen LogP contribution is 2.15. The van der Waals surface area contributed by atoms with Gasteiger partial charge in [0, 0.05) is 26.2 Å². The van der Waals surface area contributed by atoms with Gasteiger partial charge in [-0.3, -0.25) is 14.6 Å². The zero-order valence-corrected chi connectivity index (χ0v) is 17.2. The van der Waals surface area contributed by atoms with E-state index >= 15 is 0 Å². The number of hydrogen-bond acceptors (Lipinski definition) is 5. The van der Waals surface area contributed by atoms with Crippen LogP contribution < -0.4 is 10.1 Å². The molecule has 28 heavy (non-hydrogen) atoms. The number of rotatable bonds is 8. The number of amides is 1. The van der Waals surface area contributed by atoms with Gasteiger partial charge in [0.05, 0.1) is 19.3 Å². The van der Waals surface area contributed by atoms with Crippen molar-refractivity contribution in [2.75, 3.05) is 52.5 Å². The van der Waals surface area contributed by atoms with Gasteiger partial charge >= 0.3 is 0 Å². The quantitative estimate of drug-likeness (QED) is 0.739. The molecular weight excluding hydrogens is 354 g/mol. The summed E-state index contributed by atoms with van der Waals surface area (Å²) in [6.07, 6.45) is 4.95. The Labute approximate surface area is 169 Å². The molecule has 2 heterocycles. The van der Waals surface area contributed by atoms with E-state index in [1.165, 1.54) is 25.7 Å². The maximum absolute atomic E-state index is 12.6. The number of likely N-dealkylation sites (tertiary alicyclic amines) is 1. The fourth-order valence-electron chi connectivity index (χ4n) is 3.85. The molecule has 0 aliphatic carbocycles. The van der Waals surface area contributed by atoms with E-state index < -0.39 is 0 Å². The van der Waals surface area contributed by atoms with Gasteiger partial charge in [-0.05, 0) is 50.6 Å². The van der Waals surface area contributed by atoms with E-state index in [2.05, 4.69) is 15.1 Å². The third-order valence-electron chi connectivity index (χ3n) is 5.71. The summed E-state index contributed by atoms with van der Waals surface area (Å²) >= 11 is 0. The Morgan fingerprint density at radius 2 is 1.89 bits per heavy atom. The zero-order valence-electron chi connectivity index (χ0n) is 17.2. The third kappa shape index (κ3) is 6.76. The highest BCUT2D eigenvalue weighted by atomic mass is 16.5. The van der Waals surface area contributed by atoms with Crippen LogP contribution in [0.1, 0.15) is 38.2 Å². The maximum atomic E-state index is 12.6. The SMILES string of the molecule is CC(C(=O)NCc1cccc(OCCN2CCOCC2)c1)N1CCCCCC1. The molecule has 2 aliphatic rings. The van der Waals surface area contributed by atoms with E-state index in [-0.39, 0.29) is 11.9 Å². The predicted molar refractivity (Wildman–Crippen MR) is 111 cm³/mol. The van der Waals surface area contributed by atoms with E-state index in [9.17, 15) is 4.79 Å². The van der Waals surface area contributed by atoms with Crippen molar-refractivity contribution in [3.63, 3.8) is 0 Å². The largest absolute Gasteiger partial charge is 0.492 e. The van der Waals surface area contributed by atoms with Crippen LogP contribution in [-0.4, -0.2) is 74.3 Å². The molecule has 1 amide bonds. The van der Waals surface area contributed by atoms with Crippen molar-refractivity contribution in [1.82, 2.24) is 15.1 Å². The van der Waals surface area contributed by atoms with Crippen LogP contribution in [0.2, 0.25) is 0 Å². The van der Waals surface area contributed by atoms with Crippen LogP contribution in [0.15, 0.2) is 24.3 Å². The average Bonchev–Trinajstić information content (AvgIpc) is 3.02. The number of nitrogens with one attached hydrogen (secondary N) is 1. The van der Waals surface area contributed by atoms with Gasteiger partial charge in [0.15, 0.2) is 0 Å². The minimum absolute atomic E-state index is 0.0638. The molecule has 2 aliphatic heterocycles. The van der Waals surface area contributed by atoms with E-state index in [1.54, 1.807) is 0 Å². The number of morpholine rings is 1. The maximum Gasteiger partial charge on any atom is 0.237 e. The van der Waals surface area contributed by atoms with E-state index in [0.29, 0.717) is 13.2 Å². The van der Waals surface area contributed by atoms with Gasteiger partial charge < -0.3 is 14.8 Å². The monoisotopic (exact) mass is 389 g/mol. The molecule has 1 aromatic rings. The standard InChI is InChI=1S/C22H35N3O3/c1-19(25-9-4-2-3-5-10-25)22(26)23-18-20-7-6-8-21(17-20)28-16-13-24-11-14-27-15-12-24/h6-8,17,19H,2-5,9-16,18H2,1H3,(H,23,26). The molecule has 1 N–H and O–H groups in total. The minimum atomic E-state index is -0.0638. The van der Waals surface area contributed by atoms with Crippen molar-refractivity contribution in [2.24, 2.45) is 0 Å². The van der Waals surface area contributed by atoms with Crippen LogP contribution in [0.4, 0.5) is 0 Å². The smallest absolute Gasteiger partial charge is 0.237 e. The molecule has 156 valence electrons. The van der Waals surface area contributed by atoms with Crippen molar-refractivity contribution in [2.45, 2.75) is 45.2 Å². The summed E-state index contributed by atoms with van der Waals surface area (Å²) in [6, 6.07) is 7.96.